The van der Waals surface area contributed by atoms with Crippen LogP contribution in [0.4, 0.5) is 5.69 Å². The van der Waals surface area contributed by atoms with Crippen LogP contribution in [0.25, 0.3) is 0 Å². The van der Waals surface area contributed by atoms with Gasteiger partial charge in [0.2, 0.25) is 0 Å². The van der Waals surface area contributed by atoms with Crippen molar-refractivity contribution < 1.29 is 19.0 Å². The van der Waals surface area contributed by atoms with E-state index in [9.17, 15) is 4.79 Å². The highest BCUT2D eigenvalue weighted by Crippen LogP contribution is 2.25. The maximum atomic E-state index is 12.7. The molecule has 0 saturated heterocycles. The number of aromatic nitrogens is 1. The highest BCUT2D eigenvalue weighted by atomic mass is 16.5. The third-order valence-electron chi connectivity index (χ3n) is 4.59. The second kappa shape index (κ2) is 9.89. The van der Waals surface area contributed by atoms with E-state index in [1.54, 1.807) is 37.4 Å². The highest BCUT2D eigenvalue weighted by Gasteiger charge is 2.14. The first-order valence-corrected chi connectivity index (χ1v) is 9.82. The molecule has 3 rings (SSSR count). The average Bonchev–Trinajstić information content (AvgIpc) is 2.75. The minimum Gasteiger partial charge on any atom is -0.497 e. The summed E-state index contributed by atoms with van der Waals surface area (Å²) in [4.78, 5) is 17.2. The lowest BCUT2D eigenvalue weighted by molar-refractivity contribution is 0.0732. The van der Waals surface area contributed by atoms with Gasteiger partial charge in [0.05, 0.1) is 30.2 Å². The van der Waals surface area contributed by atoms with Crippen molar-refractivity contribution in [1.82, 2.24) is 4.98 Å². The van der Waals surface area contributed by atoms with Crippen molar-refractivity contribution in [3.8, 4) is 17.2 Å². The van der Waals surface area contributed by atoms with Crippen molar-refractivity contribution in [2.45, 2.75) is 26.9 Å². The molecule has 0 bridgehead atoms. The molecule has 0 saturated carbocycles. The zero-order valence-electron chi connectivity index (χ0n) is 17.6. The van der Waals surface area contributed by atoms with Gasteiger partial charge in [-0.25, -0.2) is 0 Å². The van der Waals surface area contributed by atoms with Crippen molar-refractivity contribution in [3.05, 3.63) is 77.6 Å². The monoisotopic (exact) mass is 406 g/mol. The van der Waals surface area contributed by atoms with Gasteiger partial charge in [0, 0.05) is 12.3 Å². The third kappa shape index (κ3) is 5.36. The van der Waals surface area contributed by atoms with Crippen molar-refractivity contribution in [2.24, 2.45) is 0 Å². The summed E-state index contributed by atoms with van der Waals surface area (Å²) in [7, 11) is 1.62. The summed E-state index contributed by atoms with van der Waals surface area (Å²) in [5, 5.41) is 2.90. The summed E-state index contributed by atoms with van der Waals surface area (Å²) in [5.74, 6) is 1.94. The molecule has 1 N–H and O–H groups in total. The van der Waals surface area contributed by atoms with Crippen LogP contribution in [-0.2, 0) is 4.74 Å². The molecule has 6 nitrogen and oxygen atoms in total. The number of rotatable bonds is 8. The molecule has 1 unspecified atom stereocenters. The number of nitrogens with one attached hydrogen (secondary N) is 1. The normalized spacial score (nSPS) is 11.6. The van der Waals surface area contributed by atoms with Gasteiger partial charge in [-0.1, -0.05) is 0 Å². The van der Waals surface area contributed by atoms with E-state index in [-0.39, 0.29) is 12.0 Å². The van der Waals surface area contributed by atoms with Gasteiger partial charge in [0.25, 0.3) is 5.91 Å². The lowest BCUT2D eigenvalue weighted by Crippen LogP contribution is -2.15. The molecule has 30 heavy (non-hydrogen) atoms. The van der Waals surface area contributed by atoms with Crippen LogP contribution >= 0.6 is 0 Å². The summed E-state index contributed by atoms with van der Waals surface area (Å²) < 4.78 is 16.5. The van der Waals surface area contributed by atoms with Gasteiger partial charge < -0.3 is 19.5 Å². The Morgan fingerprint density at radius 2 is 1.57 bits per heavy atom. The van der Waals surface area contributed by atoms with Crippen LogP contribution in [0.3, 0.4) is 0 Å². The molecule has 6 heteroatoms. The SMILES string of the molecule is CCOC(C)c1ccc(C(=O)Nc2ccc(Oc3ccc(OC)cc3)cc2)c(C)n1. The van der Waals surface area contributed by atoms with Gasteiger partial charge in [-0.15, -0.1) is 0 Å². The molecular formula is C24H26N2O4. The molecule has 1 aromatic heterocycles. The first kappa shape index (κ1) is 21.3. The lowest BCUT2D eigenvalue weighted by Gasteiger charge is -2.13. The second-order valence-corrected chi connectivity index (χ2v) is 6.72. The molecule has 0 aliphatic carbocycles. The van der Waals surface area contributed by atoms with Crippen LogP contribution in [-0.4, -0.2) is 24.6 Å². The fraction of sp³-hybridized carbons (Fsp3) is 0.250. The van der Waals surface area contributed by atoms with Gasteiger partial charge in [0.1, 0.15) is 17.2 Å². The Labute approximate surface area is 176 Å². The maximum Gasteiger partial charge on any atom is 0.257 e. The van der Waals surface area contributed by atoms with Crippen molar-refractivity contribution >= 4 is 11.6 Å². The van der Waals surface area contributed by atoms with E-state index in [0.29, 0.717) is 35.1 Å². The van der Waals surface area contributed by atoms with Crippen molar-refractivity contribution in [2.75, 3.05) is 19.0 Å². The summed E-state index contributed by atoms with van der Waals surface area (Å²) in [6.07, 6.45) is -0.107. The standard InChI is InChI=1S/C24H26N2O4/c1-5-29-17(3)23-15-14-22(16(2)25-23)24(27)26-18-6-8-20(9-7-18)30-21-12-10-19(28-4)11-13-21/h6-15,17H,5H2,1-4H3,(H,26,27). The van der Waals surface area contributed by atoms with E-state index in [1.165, 1.54) is 0 Å². The summed E-state index contributed by atoms with van der Waals surface area (Å²) in [6.45, 7) is 6.32. The number of hydrogen-bond acceptors (Lipinski definition) is 5. The molecule has 2 aromatic carbocycles. The van der Waals surface area contributed by atoms with Gasteiger partial charge in [-0.2, -0.15) is 0 Å². The van der Waals surface area contributed by atoms with Gasteiger partial charge >= 0.3 is 0 Å². The van der Waals surface area contributed by atoms with E-state index in [0.717, 1.165) is 11.4 Å². The van der Waals surface area contributed by atoms with E-state index >= 15 is 0 Å². The van der Waals surface area contributed by atoms with E-state index in [4.69, 9.17) is 14.2 Å². The first-order valence-electron chi connectivity index (χ1n) is 9.82. The van der Waals surface area contributed by atoms with Crippen LogP contribution in [0.2, 0.25) is 0 Å². The van der Waals surface area contributed by atoms with Crippen molar-refractivity contribution in [3.63, 3.8) is 0 Å². The Hall–Kier alpha value is -3.38. The summed E-state index contributed by atoms with van der Waals surface area (Å²) in [5.41, 5.74) is 2.68. The zero-order chi connectivity index (χ0) is 21.5. The Balaban J connectivity index is 1.64. The largest absolute Gasteiger partial charge is 0.497 e. The van der Waals surface area contributed by atoms with Crippen LogP contribution in [0.5, 0.6) is 17.2 Å². The lowest BCUT2D eigenvalue weighted by atomic mass is 10.1. The van der Waals surface area contributed by atoms with Crippen molar-refractivity contribution in [1.29, 1.82) is 0 Å². The number of nitrogens with zero attached hydrogens (tertiary/aromatic N) is 1. The number of amides is 1. The zero-order valence-corrected chi connectivity index (χ0v) is 17.6. The summed E-state index contributed by atoms with van der Waals surface area (Å²) in [6, 6.07) is 18.1. The molecule has 1 amide bonds. The Morgan fingerprint density at radius 1 is 0.967 bits per heavy atom. The average molecular weight is 406 g/mol. The van der Waals surface area contributed by atoms with Gasteiger partial charge in [0.15, 0.2) is 0 Å². The molecule has 156 valence electrons. The smallest absolute Gasteiger partial charge is 0.257 e. The number of pyridine rings is 1. The number of benzene rings is 2. The first-order chi connectivity index (χ1) is 14.5. The third-order valence-corrected chi connectivity index (χ3v) is 4.59. The number of hydrogen-bond donors (Lipinski definition) is 1. The molecule has 1 atom stereocenters. The fourth-order valence-electron chi connectivity index (χ4n) is 2.97. The molecule has 0 spiro atoms. The number of carbonyl (C=O) groups is 1. The Morgan fingerprint density at radius 3 is 2.13 bits per heavy atom. The van der Waals surface area contributed by atoms with Gasteiger partial charge in [-0.3, -0.25) is 9.78 Å². The number of ether oxygens (including phenoxy) is 3. The van der Waals surface area contributed by atoms with Crippen LogP contribution in [0.1, 0.15) is 41.7 Å². The molecule has 0 aliphatic rings. The van der Waals surface area contributed by atoms with E-state index in [2.05, 4.69) is 10.3 Å². The van der Waals surface area contributed by atoms with E-state index in [1.807, 2.05) is 51.1 Å². The van der Waals surface area contributed by atoms with Crippen LogP contribution < -0.4 is 14.8 Å². The summed E-state index contributed by atoms with van der Waals surface area (Å²) >= 11 is 0. The number of aryl methyl sites for hydroxylation is 1. The Bertz CT molecular complexity index is 985. The molecular weight excluding hydrogens is 380 g/mol. The number of methoxy groups -OCH3 is 1. The maximum absolute atomic E-state index is 12.7. The molecule has 0 fully saturated rings. The minimum atomic E-state index is -0.209. The quantitative estimate of drug-likeness (QED) is 0.532. The predicted molar refractivity (Wildman–Crippen MR) is 116 cm³/mol. The molecule has 0 radical (unpaired) electrons. The molecule has 3 aromatic rings. The second-order valence-electron chi connectivity index (χ2n) is 6.72. The van der Waals surface area contributed by atoms with Gasteiger partial charge in [-0.05, 0) is 81.4 Å². The topological polar surface area (TPSA) is 69.7 Å². The number of anilines is 1. The molecule has 0 aliphatic heterocycles. The van der Waals surface area contributed by atoms with E-state index < -0.39 is 0 Å². The highest BCUT2D eigenvalue weighted by molar-refractivity contribution is 6.05. The number of carbonyl (C=O) groups excluding carboxylic acids is 1. The molecule has 1 heterocycles. The minimum absolute atomic E-state index is 0.107. The van der Waals surface area contributed by atoms with Crippen LogP contribution in [0.15, 0.2) is 60.7 Å². The predicted octanol–water partition coefficient (Wildman–Crippen LogP) is 5.54. The van der Waals surface area contributed by atoms with Crippen LogP contribution in [0, 0.1) is 6.92 Å². The fourth-order valence-corrected chi connectivity index (χ4v) is 2.97. The Kier molecular flexibility index (Phi) is 7.03.